The fourth-order valence-electron chi connectivity index (χ4n) is 7.98. The Kier molecular flexibility index (Phi) is 7.68. The fourth-order valence-corrected chi connectivity index (χ4v) is 9.07. The van der Waals surface area contributed by atoms with Crippen LogP contribution in [0.1, 0.15) is 0 Å². The van der Waals surface area contributed by atoms with Gasteiger partial charge in [-0.1, -0.05) is 140 Å². The van der Waals surface area contributed by atoms with Gasteiger partial charge < -0.3 is 4.42 Å². The van der Waals surface area contributed by atoms with Crippen LogP contribution in [-0.4, -0.2) is 9.97 Å². The molecule has 0 aliphatic carbocycles. The highest BCUT2D eigenvalue weighted by Gasteiger charge is 2.21. The van der Waals surface area contributed by atoms with Gasteiger partial charge in [0, 0.05) is 53.2 Å². The summed E-state index contributed by atoms with van der Waals surface area (Å²) in [6, 6.07) is 68.4. The Labute approximate surface area is 327 Å². The molecule has 0 saturated heterocycles. The van der Waals surface area contributed by atoms with Gasteiger partial charge in [0.05, 0.1) is 11.4 Å². The number of hydrogen-bond acceptors (Lipinski definition) is 4. The molecule has 0 aliphatic rings. The molecule has 11 rings (SSSR count). The topological polar surface area (TPSA) is 38.9 Å². The summed E-state index contributed by atoms with van der Waals surface area (Å²) in [6.07, 6.45) is 0. The molecule has 8 aromatic carbocycles. The quantitative estimate of drug-likeness (QED) is 0.171. The summed E-state index contributed by atoms with van der Waals surface area (Å²) in [5, 5.41) is 4.64. The van der Waals surface area contributed by atoms with Crippen LogP contribution in [-0.2, 0) is 0 Å². The summed E-state index contributed by atoms with van der Waals surface area (Å²) in [5.41, 5.74) is 13.0. The zero-order valence-corrected chi connectivity index (χ0v) is 31.0. The molecule has 0 saturated carbocycles. The van der Waals surface area contributed by atoms with Crippen molar-refractivity contribution >= 4 is 53.4 Å². The average molecular weight is 733 g/mol. The van der Waals surface area contributed by atoms with E-state index in [0.717, 1.165) is 83.4 Å². The number of hydrogen-bond donors (Lipinski definition) is 0. The third kappa shape index (κ3) is 5.58. The molecule has 0 atom stereocenters. The maximum Gasteiger partial charge on any atom is 0.160 e. The lowest BCUT2D eigenvalue weighted by molar-refractivity contribution is 0.670. The first-order valence-corrected chi connectivity index (χ1v) is 19.6. The van der Waals surface area contributed by atoms with Gasteiger partial charge in [-0.25, -0.2) is 9.97 Å². The third-order valence-electron chi connectivity index (χ3n) is 10.7. The molecule has 4 heteroatoms. The minimum absolute atomic E-state index is 0.663. The van der Waals surface area contributed by atoms with Gasteiger partial charge in [-0.2, -0.15) is 0 Å². The number of rotatable bonds is 6. The lowest BCUT2D eigenvalue weighted by atomic mass is 9.94. The Morgan fingerprint density at radius 1 is 0.357 bits per heavy atom. The molecule has 3 nitrogen and oxygen atoms in total. The van der Waals surface area contributed by atoms with Crippen molar-refractivity contribution in [2.45, 2.75) is 0 Å². The molecule has 0 radical (unpaired) electrons. The summed E-state index contributed by atoms with van der Waals surface area (Å²) >= 11 is 1.83. The predicted octanol–water partition coefficient (Wildman–Crippen LogP) is 14.7. The first-order chi connectivity index (χ1) is 27.7. The van der Waals surface area contributed by atoms with Crippen LogP contribution in [0.5, 0.6) is 0 Å². The van der Waals surface area contributed by atoms with Crippen LogP contribution in [0.25, 0.3) is 109 Å². The molecule has 0 unspecified atom stereocenters. The first-order valence-electron chi connectivity index (χ1n) is 18.8. The number of fused-ring (bicyclic) bond motifs is 6. The highest BCUT2D eigenvalue weighted by atomic mass is 32.1. The van der Waals surface area contributed by atoms with Crippen LogP contribution < -0.4 is 0 Å². The Bertz CT molecular complexity index is 3180. The van der Waals surface area contributed by atoms with Crippen LogP contribution in [0.15, 0.2) is 199 Å². The van der Waals surface area contributed by atoms with Gasteiger partial charge in [-0.15, -0.1) is 11.3 Å². The number of aromatic nitrogens is 2. The summed E-state index contributed by atoms with van der Waals surface area (Å²) < 4.78 is 9.37. The van der Waals surface area contributed by atoms with Gasteiger partial charge >= 0.3 is 0 Å². The largest absolute Gasteiger partial charge is 0.455 e. The van der Waals surface area contributed by atoms with E-state index < -0.39 is 0 Å². The van der Waals surface area contributed by atoms with Crippen LogP contribution in [0.2, 0.25) is 0 Å². The zero-order chi connectivity index (χ0) is 37.0. The van der Waals surface area contributed by atoms with Crippen molar-refractivity contribution in [1.29, 1.82) is 0 Å². The van der Waals surface area contributed by atoms with Crippen LogP contribution >= 0.6 is 11.3 Å². The monoisotopic (exact) mass is 732 g/mol. The van der Waals surface area contributed by atoms with Crippen molar-refractivity contribution in [1.82, 2.24) is 9.97 Å². The van der Waals surface area contributed by atoms with Gasteiger partial charge in [-0.05, 0) is 82.4 Å². The number of para-hydroxylation sites is 1. The highest BCUT2D eigenvalue weighted by Crippen LogP contribution is 2.44. The molecular weight excluding hydrogens is 701 g/mol. The standard InChI is InChI=1S/C52H32N2OS/c1-4-14-33(15-5-1)37-28-38(34-16-6-2-7-17-34)30-39(29-37)52-53-45(35-18-8-3-9-19-35)32-46(54-52)42-26-25-40(51-50(42)43-21-10-12-22-47(43)55-51)36-24-27-49-44(31-36)41-20-11-13-23-48(41)56-49/h1-32H. The molecule has 0 aliphatic heterocycles. The molecule has 0 N–H and O–H groups in total. The van der Waals surface area contributed by atoms with E-state index in [1.54, 1.807) is 0 Å². The third-order valence-corrected chi connectivity index (χ3v) is 11.8. The normalized spacial score (nSPS) is 11.6. The van der Waals surface area contributed by atoms with Crippen LogP contribution in [0.4, 0.5) is 0 Å². The molecule has 56 heavy (non-hydrogen) atoms. The van der Waals surface area contributed by atoms with E-state index in [-0.39, 0.29) is 0 Å². The first kappa shape index (κ1) is 32.3. The predicted molar refractivity (Wildman–Crippen MR) is 235 cm³/mol. The minimum atomic E-state index is 0.663. The SMILES string of the molecule is c1ccc(-c2cc(-c3ccccc3)cc(-c3nc(-c4ccccc4)cc(-c4ccc(-c5ccc6sc7ccccc7c6c5)c5oc6ccccc6c45)n3)c2)cc1. The molecule has 0 spiro atoms. The maximum absolute atomic E-state index is 6.80. The zero-order valence-electron chi connectivity index (χ0n) is 30.2. The number of thiophene rings is 1. The van der Waals surface area contributed by atoms with Crippen molar-refractivity contribution in [2.24, 2.45) is 0 Å². The van der Waals surface area contributed by atoms with E-state index in [1.165, 1.54) is 20.2 Å². The molecular formula is C52H32N2OS. The minimum Gasteiger partial charge on any atom is -0.455 e. The smallest absolute Gasteiger partial charge is 0.160 e. The lowest BCUT2D eigenvalue weighted by Gasteiger charge is -2.14. The van der Waals surface area contributed by atoms with Gasteiger partial charge in [0.25, 0.3) is 0 Å². The van der Waals surface area contributed by atoms with Gasteiger partial charge in [0.2, 0.25) is 0 Å². The van der Waals surface area contributed by atoms with Crippen molar-refractivity contribution in [3.05, 3.63) is 194 Å². The van der Waals surface area contributed by atoms with Crippen LogP contribution in [0, 0.1) is 0 Å². The second-order valence-corrected chi connectivity index (χ2v) is 15.2. The number of furan rings is 1. The van der Waals surface area contributed by atoms with E-state index in [4.69, 9.17) is 14.4 Å². The second kappa shape index (κ2) is 13.3. The van der Waals surface area contributed by atoms with Crippen molar-refractivity contribution < 1.29 is 4.42 Å². The molecule has 3 aromatic heterocycles. The van der Waals surface area contributed by atoms with Crippen molar-refractivity contribution in [2.75, 3.05) is 0 Å². The fraction of sp³-hybridized carbons (Fsp3) is 0. The van der Waals surface area contributed by atoms with E-state index in [0.29, 0.717) is 5.82 Å². The summed E-state index contributed by atoms with van der Waals surface area (Å²) in [6.45, 7) is 0. The Balaban J connectivity index is 1.15. The summed E-state index contributed by atoms with van der Waals surface area (Å²) in [5.74, 6) is 0.663. The van der Waals surface area contributed by atoms with Crippen molar-refractivity contribution in [3.63, 3.8) is 0 Å². The summed E-state index contributed by atoms with van der Waals surface area (Å²) in [4.78, 5) is 10.7. The average Bonchev–Trinajstić information content (AvgIpc) is 3.85. The maximum atomic E-state index is 6.80. The summed E-state index contributed by atoms with van der Waals surface area (Å²) in [7, 11) is 0. The Hall–Kier alpha value is -7.14. The molecule has 3 heterocycles. The van der Waals surface area contributed by atoms with Gasteiger partial charge in [0.15, 0.2) is 5.82 Å². The van der Waals surface area contributed by atoms with Crippen LogP contribution in [0.3, 0.4) is 0 Å². The van der Waals surface area contributed by atoms with E-state index >= 15 is 0 Å². The number of benzene rings is 8. The van der Waals surface area contributed by atoms with Crippen molar-refractivity contribution in [3.8, 4) is 67.3 Å². The van der Waals surface area contributed by atoms with Gasteiger partial charge in [-0.3, -0.25) is 0 Å². The number of nitrogens with zero attached hydrogens (tertiary/aromatic N) is 2. The van der Waals surface area contributed by atoms with E-state index in [9.17, 15) is 0 Å². The van der Waals surface area contributed by atoms with Gasteiger partial charge in [0.1, 0.15) is 11.2 Å². The Morgan fingerprint density at radius 2 is 0.929 bits per heavy atom. The van der Waals surface area contributed by atoms with E-state index in [1.807, 2.05) is 23.5 Å². The molecule has 0 bridgehead atoms. The second-order valence-electron chi connectivity index (χ2n) is 14.1. The highest BCUT2D eigenvalue weighted by molar-refractivity contribution is 7.25. The molecule has 262 valence electrons. The van der Waals surface area contributed by atoms with E-state index in [2.05, 4.69) is 182 Å². The molecule has 0 amide bonds. The lowest BCUT2D eigenvalue weighted by Crippen LogP contribution is -1.97. The Morgan fingerprint density at radius 3 is 1.66 bits per heavy atom. The molecule has 11 aromatic rings. The molecule has 0 fully saturated rings.